The minimum absolute atomic E-state index is 0.0312. The van der Waals surface area contributed by atoms with E-state index in [1.54, 1.807) is 20.8 Å². The number of fused-ring (bicyclic) bond motifs is 1. The average Bonchev–Trinajstić information content (AvgIpc) is 2.62. The first-order chi connectivity index (χ1) is 13.6. The van der Waals surface area contributed by atoms with E-state index in [-0.39, 0.29) is 18.9 Å². The SMILES string of the molecule is C[C@@H](NC(=O)[C@H](CCC(N)=O)NC(=O)OC(C)(C)C)c1cccc2ccccc12. The fourth-order valence-electron chi connectivity index (χ4n) is 3.03. The van der Waals surface area contributed by atoms with Gasteiger partial charge in [-0.2, -0.15) is 0 Å². The molecule has 3 amide bonds. The van der Waals surface area contributed by atoms with Crippen molar-refractivity contribution in [1.29, 1.82) is 0 Å². The Morgan fingerprint density at radius 3 is 2.34 bits per heavy atom. The molecule has 0 unspecified atom stereocenters. The van der Waals surface area contributed by atoms with Crippen LogP contribution in [0.5, 0.6) is 0 Å². The summed E-state index contributed by atoms with van der Waals surface area (Å²) in [7, 11) is 0. The number of carbonyl (C=O) groups is 3. The van der Waals surface area contributed by atoms with Crippen LogP contribution in [0.1, 0.15) is 52.1 Å². The van der Waals surface area contributed by atoms with Crippen LogP contribution in [-0.4, -0.2) is 29.6 Å². The number of alkyl carbamates (subject to hydrolysis) is 1. The molecule has 0 bridgehead atoms. The summed E-state index contributed by atoms with van der Waals surface area (Å²) in [6, 6.07) is 12.6. The van der Waals surface area contributed by atoms with E-state index in [9.17, 15) is 14.4 Å². The predicted octanol–water partition coefficient (Wildman–Crippen LogP) is 3.18. The van der Waals surface area contributed by atoms with Crippen LogP contribution in [-0.2, 0) is 14.3 Å². The molecule has 0 aromatic heterocycles. The quantitative estimate of drug-likeness (QED) is 0.664. The zero-order valence-corrected chi connectivity index (χ0v) is 17.3. The lowest BCUT2D eigenvalue weighted by Gasteiger charge is -2.24. The van der Waals surface area contributed by atoms with Crippen LogP contribution in [0.4, 0.5) is 4.79 Å². The molecular weight excluding hydrogens is 370 g/mol. The van der Waals surface area contributed by atoms with Gasteiger partial charge in [0.25, 0.3) is 0 Å². The van der Waals surface area contributed by atoms with E-state index < -0.39 is 29.6 Å². The maximum atomic E-state index is 12.8. The van der Waals surface area contributed by atoms with Gasteiger partial charge in [-0.3, -0.25) is 9.59 Å². The number of amides is 3. The summed E-state index contributed by atoms with van der Waals surface area (Å²) < 4.78 is 5.23. The molecule has 0 aliphatic heterocycles. The topological polar surface area (TPSA) is 111 Å². The molecule has 2 aromatic carbocycles. The van der Waals surface area contributed by atoms with Crippen molar-refractivity contribution >= 4 is 28.7 Å². The van der Waals surface area contributed by atoms with Gasteiger partial charge in [0.1, 0.15) is 11.6 Å². The molecule has 0 radical (unpaired) electrons. The van der Waals surface area contributed by atoms with E-state index in [1.807, 2.05) is 49.4 Å². The first-order valence-electron chi connectivity index (χ1n) is 9.62. The van der Waals surface area contributed by atoms with Crippen LogP contribution in [0.15, 0.2) is 42.5 Å². The lowest BCUT2D eigenvalue weighted by Crippen LogP contribution is -2.49. The molecule has 29 heavy (non-hydrogen) atoms. The largest absolute Gasteiger partial charge is 0.444 e. The average molecular weight is 399 g/mol. The maximum Gasteiger partial charge on any atom is 0.408 e. The van der Waals surface area contributed by atoms with Crippen molar-refractivity contribution in [3.05, 3.63) is 48.0 Å². The number of primary amides is 1. The molecule has 0 spiro atoms. The van der Waals surface area contributed by atoms with Gasteiger partial charge in [0.05, 0.1) is 6.04 Å². The van der Waals surface area contributed by atoms with Gasteiger partial charge >= 0.3 is 6.09 Å². The first kappa shape index (κ1) is 22.2. The van der Waals surface area contributed by atoms with Crippen molar-refractivity contribution in [1.82, 2.24) is 10.6 Å². The van der Waals surface area contributed by atoms with E-state index in [4.69, 9.17) is 10.5 Å². The number of benzene rings is 2. The second-order valence-corrected chi connectivity index (χ2v) is 8.00. The number of rotatable bonds is 7. The second-order valence-electron chi connectivity index (χ2n) is 8.00. The molecule has 2 atom stereocenters. The molecule has 0 heterocycles. The van der Waals surface area contributed by atoms with E-state index in [0.717, 1.165) is 16.3 Å². The van der Waals surface area contributed by atoms with Gasteiger partial charge in [-0.05, 0) is 50.5 Å². The lowest BCUT2D eigenvalue weighted by molar-refractivity contribution is -0.124. The zero-order valence-electron chi connectivity index (χ0n) is 17.3. The van der Waals surface area contributed by atoms with Crippen molar-refractivity contribution in [2.24, 2.45) is 5.73 Å². The summed E-state index contributed by atoms with van der Waals surface area (Å²) in [5, 5.41) is 7.57. The standard InChI is InChI=1S/C22H29N3O4/c1-14(16-11-7-9-15-8-5-6-10-17(15)16)24-20(27)18(12-13-19(23)26)25-21(28)29-22(2,3)4/h5-11,14,18H,12-13H2,1-4H3,(H2,23,26)(H,24,27)(H,25,28)/t14-,18+/m1/s1. The molecule has 4 N–H and O–H groups in total. The molecule has 156 valence electrons. The van der Waals surface area contributed by atoms with E-state index in [1.165, 1.54) is 0 Å². The van der Waals surface area contributed by atoms with E-state index in [2.05, 4.69) is 10.6 Å². The van der Waals surface area contributed by atoms with Gasteiger partial charge < -0.3 is 21.1 Å². The maximum absolute atomic E-state index is 12.8. The molecule has 0 saturated carbocycles. The normalized spacial score (nSPS) is 13.4. The van der Waals surface area contributed by atoms with Gasteiger partial charge in [0, 0.05) is 6.42 Å². The van der Waals surface area contributed by atoms with Crippen LogP contribution in [0.2, 0.25) is 0 Å². The number of carbonyl (C=O) groups excluding carboxylic acids is 3. The Kier molecular flexibility index (Phi) is 7.20. The molecule has 7 nitrogen and oxygen atoms in total. The molecule has 0 fully saturated rings. The number of nitrogens with two attached hydrogens (primary N) is 1. The number of hydrogen-bond acceptors (Lipinski definition) is 4. The van der Waals surface area contributed by atoms with Gasteiger partial charge in [-0.1, -0.05) is 42.5 Å². The molecular formula is C22H29N3O4. The third-order valence-corrected chi connectivity index (χ3v) is 4.34. The van der Waals surface area contributed by atoms with Crippen LogP contribution in [0.25, 0.3) is 10.8 Å². The van der Waals surface area contributed by atoms with Gasteiger partial charge in [-0.25, -0.2) is 4.79 Å². The summed E-state index contributed by atoms with van der Waals surface area (Å²) in [5.41, 5.74) is 5.47. The number of nitrogens with one attached hydrogen (secondary N) is 2. The highest BCUT2D eigenvalue weighted by molar-refractivity contribution is 5.89. The number of hydrogen-bond donors (Lipinski definition) is 3. The summed E-state index contributed by atoms with van der Waals surface area (Å²) in [6.07, 6.45) is -0.668. The van der Waals surface area contributed by atoms with Gasteiger partial charge in [0.2, 0.25) is 11.8 Å². The zero-order chi connectivity index (χ0) is 21.6. The van der Waals surface area contributed by atoms with Crippen molar-refractivity contribution in [2.45, 2.75) is 58.2 Å². The fraction of sp³-hybridized carbons (Fsp3) is 0.409. The van der Waals surface area contributed by atoms with Gasteiger partial charge in [0.15, 0.2) is 0 Å². The fourth-order valence-corrected chi connectivity index (χ4v) is 3.03. The molecule has 2 aromatic rings. The molecule has 0 aliphatic rings. The molecule has 0 saturated heterocycles. The molecule has 0 aliphatic carbocycles. The summed E-state index contributed by atoms with van der Waals surface area (Å²) >= 11 is 0. The van der Waals surface area contributed by atoms with Crippen LogP contribution >= 0.6 is 0 Å². The highest BCUT2D eigenvalue weighted by Gasteiger charge is 2.26. The number of ether oxygens (including phenoxy) is 1. The smallest absolute Gasteiger partial charge is 0.408 e. The van der Waals surface area contributed by atoms with Gasteiger partial charge in [-0.15, -0.1) is 0 Å². The predicted molar refractivity (Wildman–Crippen MR) is 112 cm³/mol. The van der Waals surface area contributed by atoms with Crippen molar-refractivity contribution < 1.29 is 19.1 Å². The summed E-state index contributed by atoms with van der Waals surface area (Å²) in [4.78, 5) is 36.1. The lowest BCUT2D eigenvalue weighted by atomic mass is 9.99. The first-order valence-corrected chi connectivity index (χ1v) is 9.62. The van der Waals surface area contributed by atoms with Crippen LogP contribution in [0, 0.1) is 0 Å². The summed E-state index contributed by atoms with van der Waals surface area (Å²) in [5.74, 6) is -0.951. The van der Waals surface area contributed by atoms with Crippen LogP contribution in [0.3, 0.4) is 0 Å². The van der Waals surface area contributed by atoms with E-state index in [0.29, 0.717) is 0 Å². The van der Waals surface area contributed by atoms with Crippen LogP contribution < -0.4 is 16.4 Å². The molecule has 7 heteroatoms. The molecule has 2 rings (SSSR count). The Hall–Kier alpha value is -3.09. The highest BCUT2D eigenvalue weighted by atomic mass is 16.6. The second kappa shape index (κ2) is 9.41. The Bertz CT molecular complexity index is 884. The minimum atomic E-state index is -0.935. The Labute approximate surface area is 171 Å². The summed E-state index contributed by atoms with van der Waals surface area (Å²) in [6.45, 7) is 7.06. The van der Waals surface area contributed by atoms with Crippen molar-refractivity contribution in [3.8, 4) is 0 Å². The Balaban J connectivity index is 2.14. The third-order valence-electron chi connectivity index (χ3n) is 4.34. The van der Waals surface area contributed by atoms with E-state index >= 15 is 0 Å². The third kappa shape index (κ3) is 6.78. The monoisotopic (exact) mass is 399 g/mol. The van der Waals surface area contributed by atoms with Crippen molar-refractivity contribution in [3.63, 3.8) is 0 Å². The Morgan fingerprint density at radius 1 is 1.03 bits per heavy atom. The van der Waals surface area contributed by atoms with Crippen molar-refractivity contribution in [2.75, 3.05) is 0 Å². The minimum Gasteiger partial charge on any atom is -0.444 e. The highest BCUT2D eigenvalue weighted by Crippen LogP contribution is 2.24. The Morgan fingerprint density at radius 2 is 1.69 bits per heavy atom.